The van der Waals surface area contributed by atoms with Gasteiger partial charge < -0.3 is 16.0 Å². The van der Waals surface area contributed by atoms with Gasteiger partial charge in [-0.2, -0.15) is 13.2 Å². The molecular formula is C21H18F3N3O2. The number of aromatic amines is 1. The minimum Gasteiger partial charge on any atom is -0.341 e. The van der Waals surface area contributed by atoms with E-state index in [1.165, 1.54) is 0 Å². The van der Waals surface area contributed by atoms with Crippen molar-refractivity contribution in [3.05, 3.63) is 105 Å². The van der Waals surface area contributed by atoms with Crippen LogP contribution in [0.4, 0.5) is 13.2 Å². The molecule has 0 radical (unpaired) electrons. The van der Waals surface area contributed by atoms with Crippen molar-refractivity contribution in [2.75, 3.05) is 0 Å². The molecule has 150 valence electrons. The number of benzene rings is 2. The van der Waals surface area contributed by atoms with Gasteiger partial charge in [-0.05, 0) is 28.8 Å². The van der Waals surface area contributed by atoms with Crippen LogP contribution in [0.3, 0.4) is 0 Å². The van der Waals surface area contributed by atoms with E-state index in [4.69, 9.17) is 5.73 Å². The van der Waals surface area contributed by atoms with Crippen LogP contribution >= 0.6 is 0 Å². The third-order valence-electron chi connectivity index (χ3n) is 4.42. The highest BCUT2D eigenvalue weighted by Crippen LogP contribution is 2.27. The van der Waals surface area contributed by atoms with Gasteiger partial charge in [-0.3, -0.25) is 9.59 Å². The third kappa shape index (κ3) is 4.72. The fraction of sp³-hybridized carbons (Fsp3) is 0.143. The van der Waals surface area contributed by atoms with Crippen LogP contribution < -0.4 is 16.6 Å². The molecule has 3 aromatic rings. The van der Waals surface area contributed by atoms with Crippen molar-refractivity contribution in [1.29, 1.82) is 0 Å². The van der Waals surface area contributed by atoms with E-state index in [-0.39, 0.29) is 0 Å². The maximum Gasteiger partial charge on any atom is 0.431 e. The second-order valence-corrected chi connectivity index (χ2v) is 6.38. The fourth-order valence-corrected chi connectivity index (χ4v) is 2.88. The molecule has 0 aliphatic carbocycles. The highest BCUT2D eigenvalue weighted by molar-refractivity contribution is 5.94. The summed E-state index contributed by atoms with van der Waals surface area (Å²) in [6.45, 7) is 0.365. The molecule has 0 aliphatic heterocycles. The monoisotopic (exact) mass is 401 g/mol. The number of nitrogens with two attached hydrogens (primary N) is 1. The van der Waals surface area contributed by atoms with Gasteiger partial charge in [0.25, 0.3) is 11.5 Å². The van der Waals surface area contributed by atoms with Gasteiger partial charge in [-0.25, -0.2) is 0 Å². The second kappa shape index (κ2) is 8.32. The van der Waals surface area contributed by atoms with E-state index < -0.39 is 34.9 Å². The normalized spacial score (nSPS) is 12.4. The van der Waals surface area contributed by atoms with Crippen molar-refractivity contribution in [3.63, 3.8) is 0 Å². The first-order valence-corrected chi connectivity index (χ1v) is 8.75. The lowest BCUT2D eigenvalue weighted by Gasteiger charge is -2.20. The highest BCUT2D eigenvalue weighted by atomic mass is 19.4. The van der Waals surface area contributed by atoms with Gasteiger partial charge >= 0.3 is 6.18 Å². The maximum atomic E-state index is 12.7. The molecule has 5 nitrogen and oxygen atoms in total. The number of nitrogens with one attached hydrogen (secondary N) is 2. The third-order valence-corrected chi connectivity index (χ3v) is 4.42. The minimum atomic E-state index is -4.70. The Morgan fingerprint density at radius 3 is 2.14 bits per heavy atom. The van der Waals surface area contributed by atoms with Crippen molar-refractivity contribution < 1.29 is 18.0 Å². The number of amides is 1. The molecule has 0 saturated heterocycles. The Hall–Kier alpha value is -3.39. The average molecular weight is 401 g/mol. The molecule has 8 heteroatoms. The van der Waals surface area contributed by atoms with Crippen molar-refractivity contribution in [2.24, 2.45) is 5.73 Å². The second-order valence-electron chi connectivity index (χ2n) is 6.38. The van der Waals surface area contributed by atoms with E-state index in [0.29, 0.717) is 12.6 Å². The molecule has 1 unspecified atom stereocenters. The molecule has 1 amide bonds. The maximum absolute atomic E-state index is 12.7. The van der Waals surface area contributed by atoms with E-state index in [0.717, 1.165) is 22.8 Å². The van der Waals surface area contributed by atoms with Crippen LogP contribution in [-0.2, 0) is 12.7 Å². The zero-order chi connectivity index (χ0) is 21.0. The van der Waals surface area contributed by atoms with Crippen molar-refractivity contribution in [1.82, 2.24) is 10.3 Å². The van der Waals surface area contributed by atoms with Crippen molar-refractivity contribution in [2.45, 2.75) is 18.8 Å². The molecule has 2 aromatic carbocycles. The smallest absolute Gasteiger partial charge is 0.341 e. The molecule has 29 heavy (non-hydrogen) atoms. The Morgan fingerprint density at radius 1 is 0.966 bits per heavy atom. The van der Waals surface area contributed by atoms with Crippen molar-refractivity contribution in [3.8, 4) is 0 Å². The number of alkyl halides is 3. The lowest BCUT2D eigenvalue weighted by atomic mass is 9.97. The summed E-state index contributed by atoms with van der Waals surface area (Å²) in [6.07, 6.45) is -4.70. The van der Waals surface area contributed by atoms with Crippen LogP contribution in [0.1, 0.15) is 38.8 Å². The Labute approximate surface area is 164 Å². The molecule has 3 rings (SSSR count). The van der Waals surface area contributed by atoms with E-state index in [9.17, 15) is 22.8 Å². The van der Waals surface area contributed by atoms with Crippen LogP contribution in [0, 0.1) is 0 Å². The summed E-state index contributed by atoms with van der Waals surface area (Å²) >= 11 is 0. The summed E-state index contributed by atoms with van der Waals surface area (Å²) in [5, 5.41) is 2.73. The molecule has 1 heterocycles. The van der Waals surface area contributed by atoms with Gasteiger partial charge in [0.1, 0.15) is 11.3 Å². The number of aromatic nitrogens is 1. The Morgan fingerprint density at radius 2 is 1.59 bits per heavy atom. The molecular weight excluding hydrogens is 383 g/mol. The summed E-state index contributed by atoms with van der Waals surface area (Å²) in [5.41, 5.74) is 5.29. The molecule has 0 spiro atoms. The minimum absolute atomic E-state index is 0.365. The summed E-state index contributed by atoms with van der Waals surface area (Å²) < 4.78 is 38.2. The molecule has 4 N–H and O–H groups in total. The first-order valence-electron chi connectivity index (χ1n) is 8.75. The highest BCUT2D eigenvalue weighted by Gasteiger charge is 2.32. The predicted molar refractivity (Wildman–Crippen MR) is 102 cm³/mol. The lowest BCUT2D eigenvalue weighted by Crippen LogP contribution is -2.34. The van der Waals surface area contributed by atoms with Crippen LogP contribution in [0.25, 0.3) is 0 Å². The number of carbonyl (C=O) groups excluding carboxylic acids is 1. The topological polar surface area (TPSA) is 88.0 Å². The molecule has 1 atom stereocenters. The molecule has 0 bridgehead atoms. The van der Waals surface area contributed by atoms with Crippen LogP contribution in [0.15, 0.2) is 71.5 Å². The number of pyridine rings is 1. The standard InChI is InChI=1S/C21H18F3N3O2/c22-21(23,24)17-11-10-16(19(28)26-17)20(29)27-18(14-4-2-1-3-5-14)15-8-6-13(12-25)7-9-15/h1-11,18H,12,25H2,(H,26,28)(H,27,29). The zero-order valence-electron chi connectivity index (χ0n) is 15.2. The quantitative estimate of drug-likeness (QED) is 0.613. The lowest BCUT2D eigenvalue weighted by molar-refractivity contribution is -0.141. The summed E-state index contributed by atoms with van der Waals surface area (Å²) in [7, 11) is 0. The average Bonchev–Trinajstić information content (AvgIpc) is 2.72. The number of hydrogen-bond acceptors (Lipinski definition) is 3. The summed E-state index contributed by atoms with van der Waals surface area (Å²) in [6, 6.07) is 17.2. The van der Waals surface area contributed by atoms with Crippen LogP contribution in [-0.4, -0.2) is 10.9 Å². The van der Waals surface area contributed by atoms with Gasteiger partial charge in [0.2, 0.25) is 0 Å². The van der Waals surface area contributed by atoms with Crippen molar-refractivity contribution >= 4 is 5.91 Å². The van der Waals surface area contributed by atoms with Gasteiger partial charge in [0, 0.05) is 6.54 Å². The van der Waals surface area contributed by atoms with Crippen LogP contribution in [0.2, 0.25) is 0 Å². The summed E-state index contributed by atoms with van der Waals surface area (Å²) in [5.74, 6) is -0.781. The molecule has 1 aromatic heterocycles. The Balaban J connectivity index is 1.93. The number of H-pyrrole nitrogens is 1. The number of carbonyl (C=O) groups is 1. The Kier molecular flexibility index (Phi) is 5.84. The number of halogens is 3. The summed E-state index contributed by atoms with van der Waals surface area (Å²) in [4.78, 5) is 26.4. The number of rotatable bonds is 5. The number of hydrogen-bond donors (Lipinski definition) is 3. The fourth-order valence-electron chi connectivity index (χ4n) is 2.88. The Bertz CT molecular complexity index is 1050. The SMILES string of the molecule is NCc1ccc(C(NC(=O)c2ccc(C(F)(F)F)[nH]c2=O)c2ccccc2)cc1. The van der Waals surface area contributed by atoms with E-state index in [1.54, 1.807) is 41.4 Å². The molecule has 0 fully saturated rings. The molecule has 0 aliphatic rings. The molecule has 0 saturated carbocycles. The van der Waals surface area contributed by atoms with Gasteiger partial charge in [-0.1, -0.05) is 54.6 Å². The van der Waals surface area contributed by atoms with Gasteiger partial charge in [-0.15, -0.1) is 0 Å². The van der Waals surface area contributed by atoms with Gasteiger partial charge in [0.05, 0.1) is 6.04 Å². The van der Waals surface area contributed by atoms with E-state index in [1.807, 2.05) is 18.2 Å². The largest absolute Gasteiger partial charge is 0.431 e. The van der Waals surface area contributed by atoms with Gasteiger partial charge in [0.15, 0.2) is 0 Å². The first-order chi connectivity index (χ1) is 13.8. The van der Waals surface area contributed by atoms with Crippen LogP contribution in [0.5, 0.6) is 0 Å². The van der Waals surface area contributed by atoms with E-state index >= 15 is 0 Å². The van der Waals surface area contributed by atoms with E-state index in [2.05, 4.69) is 5.32 Å². The zero-order valence-corrected chi connectivity index (χ0v) is 15.2. The predicted octanol–water partition coefficient (Wildman–Crippen LogP) is 3.37. The first kappa shape index (κ1) is 20.3.